The Hall–Kier alpha value is -1.39. The van der Waals surface area contributed by atoms with E-state index in [-0.39, 0.29) is 30.3 Å². The molecule has 21 heavy (non-hydrogen) atoms. The average molecular weight is 288 g/mol. The molecule has 4 heteroatoms. The minimum Gasteiger partial charge on any atom is -0.393 e. The smallest absolute Gasteiger partial charge is 0.241 e. The van der Waals surface area contributed by atoms with Crippen LogP contribution < -0.4 is 5.32 Å². The molecule has 0 spiro atoms. The van der Waals surface area contributed by atoms with Gasteiger partial charge in [0.05, 0.1) is 12.1 Å². The summed E-state index contributed by atoms with van der Waals surface area (Å²) in [6.45, 7) is 4.01. The number of carbonyl (C=O) groups excluding carboxylic acids is 1. The first-order chi connectivity index (χ1) is 10.1. The minimum absolute atomic E-state index is 0.0346. The van der Waals surface area contributed by atoms with Gasteiger partial charge >= 0.3 is 0 Å². The maximum atomic E-state index is 12.6. The fraction of sp³-hybridized carbons (Fsp3) is 0.588. The molecule has 0 bridgehead atoms. The average Bonchev–Trinajstić information content (AvgIpc) is 2.76. The van der Waals surface area contributed by atoms with Gasteiger partial charge in [-0.3, -0.25) is 10.1 Å². The fourth-order valence-corrected chi connectivity index (χ4v) is 3.56. The van der Waals surface area contributed by atoms with Crippen LogP contribution >= 0.6 is 0 Å². The standard InChI is InChI=1S/C17H24N2O2/c1-11-4-3-5-13(10-11)16-18-12(2)17(21)19(16)14-6-8-15(20)9-7-14/h3-5,10,12,14-16,18,20H,6-9H2,1-2H3. The van der Waals surface area contributed by atoms with Crippen molar-refractivity contribution in [1.29, 1.82) is 0 Å². The Labute approximate surface area is 126 Å². The van der Waals surface area contributed by atoms with Gasteiger partial charge in [0.25, 0.3) is 0 Å². The van der Waals surface area contributed by atoms with E-state index in [1.165, 1.54) is 5.56 Å². The summed E-state index contributed by atoms with van der Waals surface area (Å²) in [7, 11) is 0. The van der Waals surface area contributed by atoms with Gasteiger partial charge in [0.1, 0.15) is 6.17 Å². The molecule has 2 unspecified atom stereocenters. The van der Waals surface area contributed by atoms with Crippen molar-refractivity contribution in [3.05, 3.63) is 35.4 Å². The molecular formula is C17H24N2O2. The van der Waals surface area contributed by atoms with E-state index in [2.05, 4.69) is 30.4 Å². The number of benzene rings is 1. The van der Waals surface area contributed by atoms with Gasteiger partial charge in [0.15, 0.2) is 0 Å². The van der Waals surface area contributed by atoms with Gasteiger partial charge in [-0.1, -0.05) is 29.8 Å². The van der Waals surface area contributed by atoms with E-state index in [9.17, 15) is 9.90 Å². The molecule has 2 fully saturated rings. The number of amides is 1. The number of aliphatic hydroxyl groups is 1. The van der Waals surface area contributed by atoms with Crippen LogP contribution in [0.3, 0.4) is 0 Å². The first-order valence-electron chi connectivity index (χ1n) is 7.89. The molecule has 0 aromatic heterocycles. The number of aliphatic hydroxyl groups excluding tert-OH is 1. The van der Waals surface area contributed by atoms with Crippen molar-refractivity contribution in [2.45, 2.75) is 63.9 Å². The second-order valence-corrected chi connectivity index (χ2v) is 6.41. The Morgan fingerprint density at radius 2 is 1.95 bits per heavy atom. The van der Waals surface area contributed by atoms with Crippen LogP contribution in [0.25, 0.3) is 0 Å². The third-order valence-corrected chi connectivity index (χ3v) is 4.73. The molecule has 3 rings (SSSR count). The minimum atomic E-state index is -0.193. The zero-order valence-corrected chi connectivity index (χ0v) is 12.7. The number of nitrogens with one attached hydrogen (secondary N) is 1. The maximum absolute atomic E-state index is 12.6. The van der Waals surface area contributed by atoms with Crippen molar-refractivity contribution in [3.8, 4) is 0 Å². The van der Waals surface area contributed by atoms with E-state index in [0.717, 1.165) is 31.2 Å². The molecule has 2 atom stereocenters. The van der Waals surface area contributed by atoms with Gasteiger partial charge in [-0.25, -0.2) is 0 Å². The number of hydrogen-bond donors (Lipinski definition) is 2. The van der Waals surface area contributed by atoms with Crippen molar-refractivity contribution in [3.63, 3.8) is 0 Å². The number of carbonyl (C=O) groups is 1. The zero-order valence-electron chi connectivity index (χ0n) is 12.7. The van der Waals surface area contributed by atoms with E-state index >= 15 is 0 Å². The maximum Gasteiger partial charge on any atom is 0.241 e. The largest absolute Gasteiger partial charge is 0.393 e. The lowest BCUT2D eigenvalue weighted by atomic mass is 9.91. The van der Waals surface area contributed by atoms with Crippen LogP contribution in [0, 0.1) is 6.92 Å². The van der Waals surface area contributed by atoms with Crippen molar-refractivity contribution in [2.75, 3.05) is 0 Å². The number of aryl methyl sites for hydroxylation is 1. The van der Waals surface area contributed by atoms with E-state index in [1.54, 1.807) is 0 Å². The highest BCUT2D eigenvalue weighted by Gasteiger charge is 2.41. The van der Waals surface area contributed by atoms with Gasteiger partial charge in [0.2, 0.25) is 5.91 Å². The number of hydrogen-bond acceptors (Lipinski definition) is 3. The Kier molecular flexibility index (Phi) is 4.00. The second kappa shape index (κ2) is 5.78. The Morgan fingerprint density at radius 3 is 2.62 bits per heavy atom. The molecule has 1 aromatic rings. The summed E-state index contributed by atoms with van der Waals surface area (Å²) in [5.74, 6) is 0.183. The lowest BCUT2D eigenvalue weighted by molar-refractivity contribution is -0.133. The summed E-state index contributed by atoms with van der Waals surface area (Å²) in [4.78, 5) is 14.6. The molecule has 4 nitrogen and oxygen atoms in total. The van der Waals surface area contributed by atoms with Crippen LogP contribution in [0.15, 0.2) is 24.3 Å². The monoisotopic (exact) mass is 288 g/mol. The zero-order chi connectivity index (χ0) is 15.0. The molecule has 1 saturated carbocycles. The van der Waals surface area contributed by atoms with Crippen LogP contribution in [0.4, 0.5) is 0 Å². The van der Waals surface area contributed by atoms with Crippen molar-refractivity contribution >= 4 is 5.91 Å². The molecule has 1 aliphatic carbocycles. The van der Waals surface area contributed by atoms with Crippen LogP contribution in [-0.4, -0.2) is 34.1 Å². The molecule has 1 heterocycles. The molecule has 1 amide bonds. The topological polar surface area (TPSA) is 52.6 Å². The Balaban J connectivity index is 1.86. The molecule has 2 aliphatic rings. The summed E-state index contributed by atoms with van der Waals surface area (Å²) in [6.07, 6.45) is 3.15. The van der Waals surface area contributed by atoms with Crippen LogP contribution in [0.5, 0.6) is 0 Å². The Bertz CT molecular complexity index is 523. The lowest BCUT2D eigenvalue weighted by Gasteiger charge is -2.36. The predicted octanol–water partition coefficient (Wildman–Crippen LogP) is 2.12. The van der Waals surface area contributed by atoms with E-state index in [1.807, 2.05) is 17.9 Å². The molecule has 1 aromatic carbocycles. The number of rotatable bonds is 2. The van der Waals surface area contributed by atoms with Crippen molar-refractivity contribution in [2.24, 2.45) is 0 Å². The quantitative estimate of drug-likeness (QED) is 0.876. The summed E-state index contributed by atoms with van der Waals surface area (Å²) >= 11 is 0. The number of nitrogens with zero attached hydrogens (tertiary/aromatic N) is 1. The van der Waals surface area contributed by atoms with Gasteiger partial charge in [-0.2, -0.15) is 0 Å². The van der Waals surface area contributed by atoms with E-state index in [0.29, 0.717) is 0 Å². The normalized spacial score (nSPS) is 33.5. The molecule has 0 radical (unpaired) electrons. The summed E-state index contributed by atoms with van der Waals surface area (Å²) in [6, 6.07) is 8.45. The highest BCUT2D eigenvalue weighted by molar-refractivity contribution is 5.84. The van der Waals surface area contributed by atoms with E-state index < -0.39 is 0 Å². The van der Waals surface area contributed by atoms with Crippen LogP contribution in [0.2, 0.25) is 0 Å². The SMILES string of the molecule is Cc1cccc(C2NC(C)C(=O)N2C2CCC(O)CC2)c1. The van der Waals surface area contributed by atoms with E-state index in [4.69, 9.17) is 0 Å². The first-order valence-corrected chi connectivity index (χ1v) is 7.89. The summed E-state index contributed by atoms with van der Waals surface area (Å²) in [5, 5.41) is 13.1. The summed E-state index contributed by atoms with van der Waals surface area (Å²) < 4.78 is 0. The highest BCUT2D eigenvalue weighted by Crippen LogP contribution is 2.33. The molecule has 1 aliphatic heterocycles. The lowest BCUT2D eigenvalue weighted by Crippen LogP contribution is -2.42. The van der Waals surface area contributed by atoms with Crippen LogP contribution in [0.1, 0.15) is 49.9 Å². The van der Waals surface area contributed by atoms with Crippen molar-refractivity contribution in [1.82, 2.24) is 10.2 Å². The predicted molar refractivity (Wildman–Crippen MR) is 81.6 cm³/mol. The molecule has 1 saturated heterocycles. The van der Waals surface area contributed by atoms with Crippen molar-refractivity contribution < 1.29 is 9.90 Å². The van der Waals surface area contributed by atoms with Crippen LogP contribution in [-0.2, 0) is 4.79 Å². The highest BCUT2D eigenvalue weighted by atomic mass is 16.3. The molecular weight excluding hydrogens is 264 g/mol. The van der Waals surface area contributed by atoms with Gasteiger partial charge in [-0.15, -0.1) is 0 Å². The first kappa shape index (κ1) is 14.5. The van der Waals surface area contributed by atoms with Gasteiger partial charge in [0, 0.05) is 6.04 Å². The summed E-state index contributed by atoms with van der Waals surface area (Å²) in [5.41, 5.74) is 2.36. The molecule has 114 valence electrons. The Morgan fingerprint density at radius 1 is 1.24 bits per heavy atom. The fourth-order valence-electron chi connectivity index (χ4n) is 3.56. The van der Waals surface area contributed by atoms with Gasteiger partial charge in [-0.05, 0) is 45.1 Å². The molecule has 2 N–H and O–H groups in total. The third kappa shape index (κ3) is 2.83. The van der Waals surface area contributed by atoms with Gasteiger partial charge < -0.3 is 10.0 Å². The third-order valence-electron chi connectivity index (χ3n) is 4.73. The second-order valence-electron chi connectivity index (χ2n) is 6.41.